The lowest BCUT2D eigenvalue weighted by Crippen LogP contribution is -2.26. The molecule has 1 aromatic carbocycles. The Hall–Kier alpha value is -13.4. The average Bonchev–Trinajstić information content (AvgIpc) is 1.62. The number of aliphatic hydroxyl groups is 4. The minimum absolute atomic E-state index is 0.0562. The van der Waals surface area contributed by atoms with Crippen LogP contribution in [0.3, 0.4) is 0 Å². The van der Waals surface area contributed by atoms with Crippen molar-refractivity contribution in [2.24, 2.45) is 33.0 Å². The van der Waals surface area contributed by atoms with Gasteiger partial charge in [-0.1, -0.05) is 130 Å². The minimum atomic E-state index is -1.56. The van der Waals surface area contributed by atoms with Crippen LogP contribution in [0.5, 0.6) is 0 Å². The van der Waals surface area contributed by atoms with Gasteiger partial charge in [0.2, 0.25) is 0 Å². The number of ether oxygens (including phenoxy) is 5. The highest BCUT2D eigenvalue weighted by molar-refractivity contribution is 6.23. The summed E-state index contributed by atoms with van der Waals surface area (Å²) in [7, 11) is 4.99. The van der Waals surface area contributed by atoms with E-state index in [1.165, 1.54) is 25.2 Å². The van der Waals surface area contributed by atoms with Gasteiger partial charge < -0.3 is 71.5 Å². The van der Waals surface area contributed by atoms with Crippen LogP contribution in [0.15, 0.2) is 136 Å². The second-order valence-corrected chi connectivity index (χ2v) is 34.6. The average molecular weight is 1760 g/mol. The maximum atomic E-state index is 12.9. The Bertz CT molecular complexity index is 6540. The number of esters is 5. The zero-order valence-corrected chi connectivity index (χ0v) is 77.7. The molecule has 6 aliphatic carbocycles. The van der Waals surface area contributed by atoms with Gasteiger partial charge in [0.25, 0.3) is 27.8 Å². The molecule has 676 valence electrons. The van der Waals surface area contributed by atoms with Gasteiger partial charge in [-0.3, -0.25) is 24.0 Å². The van der Waals surface area contributed by atoms with Gasteiger partial charge in [-0.15, -0.1) is 6.58 Å². The summed E-state index contributed by atoms with van der Waals surface area (Å²) in [6.45, 7) is 38.9. The molecule has 26 heteroatoms. The number of rotatable bonds is 16. The zero-order chi connectivity index (χ0) is 95.4. The Morgan fingerprint density at radius 2 is 0.767 bits per heavy atom. The fourth-order valence-electron chi connectivity index (χ4n) is 15.1. The molecule has 6 aliphatic rings. The van der Waals surface area contributed by atoms with Gasteiger partial charge >= 0.3 is 29.8 Å². The fraction of sp³-hybridized carbons (Fsp3) is 0.408. The van der Waals surface area contributed by atoms with Crippen molar-refractivity contribution >= 4 is 57.7 Å². The molecule has 0 unspecified atom stereocenters. The number of pyridine rings is 5. The van der Waals surface area contributed by atoms with Crippen molar-refractivity contribution in [2.75, 3.05) is 33.0 Å². The van der Waals surface area contributed by atoms with Gasteiger partial charge in [-0.25, -0.2) is 24.0 Å². The maximum absolute atomic E-state index is 12.9. The summed E-state index contributed by atoms with van der Waals surface area (Å²) in [6, 6.07) is 11.2. The molecule has 1 atom stereocenters. The number of carbonyl (C=O) groups excluding carboxylic acids is 5. The largest absolute Gasteiger partial charge is 0.462 e. The molecule has 4 N–H and O–H groups in total. The van der Waals surface area contributed by atoms with Crippen LogP contribution in [0, 0.1) is 78.0 Å². The molecule has 0 saturated heterocycles. The van der Waals surface area contributed by atoms with E-state index >= 15 is 0 Å². The molecule has 0 spiro atoms. The van der Waals surface area contributed by atoms with E-state index in [1.54, 1.807) is 145 Å². The van der Waals surface area contributed by atoms with Crippen molar-refractivity contribution in [1.82, 2.24) is 28.0 Å². The number of carbonyl (C=O) groups is 5. The van der Waals surface area contributed by atoms with Crippen LogP contribution in [0.25, 0.3) is 27.9 Å². The smallest absolute Gasteiger partial charge is 0.338 e. The van der Waals surface area contributed by atoms with E-state index in [0.29, 0.717) is 175 Å². The highest BCUT2D eigenvalue weighted by Gasteiger charge is 2.38. The molecule has 0 radical (unpaired) electrons. The number of nitrogens with zero attached hydrogens (tertiary/aromatic N) is 6. The Morgan fingerprint density at radius 1 is 0.457 bits per heavy atom. The number of hydrogen-bond donors (Lipinski definition) is 4. The van der Waals surface area contributed by atoms with Crippen LogP contribution < -0.4 is 27.8 Å². The van der Waals surface area contributed by atoms with Crippen LogP contribution in [0.4, 0.5) is 0 Å². The lowest BCUT2D eigenvalue weighted by atomic mass is 9.98. The third kappa shape index (κ3) is 24.1. The van der Waals surface area contributed by atoms with E-state index in [2.05, 4.69) is 70.9 Å². The highest BCUT2D eigenvalue weighted by atomic mass is 16.5. The molecule has 1 fully saturated rings. The molecule has 6 heterocycles. The molecule has 129 heavy (non-hydrogen) atoms. The van der Waals surface area contributed by atoms with Crippen molar-refractivity contribution in [1.29, 1.82) is 0 Å². The molecule has 0 amide bonds. The maximum Gasteiger partial charge on any atom is 0.338 e. The first kappa shape index (κ1) is 99.4. The predicted molar refractivity (Wildman–Crippen MR) is 493 cm³/mol. The number of benzene rings is 1. The van der Waals surface area contributed by atoms with Crippen molar-refractivity contribution in [2.45, 2.75) is 212 Å². The second-order valence-electron chi connectivity index (χ2n) is 34.6. The van der Waals surface area contributed by atoms with Gasteiger partial charge in [0.1, 0.15) is 28.3 Å². The van der Waals surface area contributed by atoms with Crippen molar-refractivity contribution in [3.8, 4) is 59.2 Å². The standard InChI is InChI=1S/C23H26N2O5.C21H25NO4.C21H19NO3.C20H23NO4.C18H21NO4/c1-13(2)12-29-22(27)19-14(3)9-17-20(19)16(11-25(6)21(17)26)7-8-23(5,28)18-10-15(4)30-24-18;1-5-26-20(24)17-13(2)10-16-18(17)15(8-9-21(3,4)25)12-22(19(16)23)11-14-6-7-14;1-4-25-21(24)18-14(2)12-17-19(18)16(13-22(3)20(17)23)11-10-15-8-6-5-7-9-15;1-6-10-21-12-14(8-9-20(4,5)24)17-15(18(21)22)11-13(3)16(17)19(23)25-7-2;1-6-23-17(21)14-11(2)9-13-15(14)12(7-8-18(3,4)22)10-19(5)16(13)20/h10-11,13,28H,9,12H2,1-6H3;12,14,25H,5-7,10-11H2,1-4H3;5-9,13H,4,12H2,1-3H3;6,12,24H,1,7,10-11H2,2-5H3;10,22H,6,9H2,1-5H3/t23-;;;;/m1..../s1. The lowest BCUT2D eigenvalue weighted by molar-refractivity contribution is -0.138. The number of aromatic nitrogens is 6. The Balaban J connectivity index is 0.000000182. The summed E-state index contributed by atoms with van der Waals surface area (Å²) >= 11 is 0. The first-order valence-electron chi connectivity index (χ1n) is 42.8. The summed E-state index contributed by atoms with van der Waals surface area (Å²) in [5.74, 6) is 28.2. The summed E-state index contributed by atoms with van der Waals surface area (Å²) in [5.41, 5.74) is 9.98. The predicted octanol–water partition coefficient (Wildman–Crippen LogP) is 10.9. The quantitative estimate of drug-likeness (QED) is 0.0302. The van der Waals surface area contributed by atoms with Crippen LogP contribution >= 0.6 is 0 Å². The van der Waals surface area contributed by atoms with E-state index < -0.39 is 52.3 Å². The molecule has 6 aromatic heterocycles. The summed E-state index contributed by atoms with van der Waals surface area (Å²) in [5, 5.41) is 44.3. The van der Waals surface area contributed by atoms with E-state index in [0.717, 1.165) is 46.3 Å². The first-order chi connectivity index (χ1) is 60.6. The van der Waals surface area contributed by atoms with Crippen LogP contribution in [0.2, 0.25) is 0 Å². The molecule has 13 rings (SSSR count). The molecule has 26 nitrogen and oxygen atoms in total. The SMILES string of the molecule is C=CCn1cc(C#CC(C)(C)O)c2c(c1=O)CC(C)=C2C(=O)OCC.CC1=C(C(=O)OCC(C)C)c2c(C#C[C@@](C)(O)c3cc(C)on3)cn(C)c(=O)c2C1.CCOC(=O)C1=C(C)Cc2c1c(C#CC(C)(C)O)cn(C)c2=O.CCOC(=O)C1=C(C)Cc2c1c(C#CC(C)(C)O)cn(CC1CC1)c2=O.CCOC(=O)C1=C(C)Cc2c1c(C#Cc1ccccc1)cn(C)c2=O. The topological polar surface area (TPSA) is 348 Å². The van der Waals surface area contributed by atoms with Crippen LogP contribution in [-0.4, -0.2) is 128 Å². The van der Waals surface area contributed by atoms with E-state index in [9.17, 15) is 68.4 Å². The van der Waals surface area contributed by atoms with Crippen LogP contribution in [-0.2, 0) is 120 Å². The number of fused-ring (bicyclic) bond motifs is 5. The van der Waals surface area contributed by atoms with E-state index in [1.807, 2.05) is 78.8 Å². The van der Waals surface area contributed by atoms with Crippen molar-refractivity contribution in [3.05, 3.63) is 260 Å². The first-order valence-corrected chi connectivity index (χ1v) is 42.8. The van der Waals surface area contributed by atoms with Gasteiger partial charge in [0.15, 0.2) is 5.60 Å². The van der Waals surface area contributed by atoms with E-state index in [-0.39, 0.29) is 65.8 Å². The molecule has 0 bridgehead atoms. The third-order valence-electron chi connectivity index (χ3n) is 21.1. The van der Waals surface area contributed by atoms with Gasteiger partial charge in [0, 0.05) is 192 Å². The number of hydrogen-bond acceptors (Lipinski definition) is 21. The Morgan fingerprint density at radius 3 is 1.08 bits per heavy atom. The zero-order valence-electron chi connectivity index (χ0n) is 77.7. The molecular formula is C103H114N6O20. The highest BCUT2D eigenvalue weighted by Crippen LogP contribution is 2.40. The van der Waals surface area contributed by atoms with Gasteiger partial charge in [-0.05, 0) is 155 Å². The third-order valence-corrected chi connectivity index (χ3v) is 21.1. The lowest BCUT2D eigenvalue weighted by Gasteiger charge is -2.14. The van der Waals surface area contributed by atoms with Crippen molar-refractivity contribution in [3.63, 3.8) is 0 Å². The van der Waals surface area contributed by atoms with Crippen LogP contribution in [0.1, 0.15) is 238 Å². The normalized spacial score (nSPS) is 14.1. The van der Waals surface area contributed by atoms with Gasteiger partial charge in [-0.2, -0.15) is 0 Å². The monoisotopic (exact) mass is 1750 g/mol. The summed E-state index contributed by atoms with van der Waals surface area (Å²) in [6.07, 6.45) is 14.2. The van der Waals surface area contributed by atoms with Crippen molar-refractivity contribution < 1.29 is 72.6 Å². The summed E-state index contributed by atoms with van der Waals surface area (Å²) in [4.78, 5) is 126. The Labute approximate surface area is 751 Å². The molecule has 7 aromatic rings. The molecular weight excluding hydrogens is 1640 g/mol. The fourth-order valence-corrected chi connectivity index (χ4v) is 15.1. The number of aryl methyl sites for hydroxylation is 4. The second kappa shape index (κ2) is 41.6. The van der Waals surface area contributed by atoms with Gasteiger partial charge in [0.05, 0.1) is 60.9 Å². The summed E-state index contributed by atoms with van der Waals surface area (Å²) < 4.78 is 38.8. The van der Waals surface area contributed by atoms with E-state index in [4.69, 9.17) is 28.2 Å². The molecule has 1 saturated carbocycles. The Kier molecular flexibility index (Phi) is 32.0. The molecule has 0 aliphatic heterocycles. The minimum Gasteiger partial charge on any atom is -0.462 e. The number of allylic oxidation sites excluding steroid dienone is 6.